The third-order valence-electron chi connectivity index (χ3n) is 5.53. The maximum Gasteiger partial charge on any atom is 0.270 e. The Morgan fingerprint density at radius 2 is 1.87 bits per heavy atom. The van der Waals surface area contributed by atoms with Crippen LogP contribution in [-0.2, 0) is 4.79 Å². The van der Waals surface area contributed by atoms with Crippen molar-refractivity contribution in [3.63, 3.8) is 0 Å². The second-order valence-corrected chi connectivity index (χ2v) is 7.67. The van der Waals surface area contributed by atoms with E-state index in [1.54, 1.807) is 38.3 Å². The first kappa shape index (κ1) is 22.1. The maximum absolute atomic E-state index is 12.8. The van der Waals surface area contributed by atoms with E-state index < -0.39 is 16.6 Å². The van der Waals surface area contributed by atoms with Crippen LogP contribution in [0, 0.1) is 21.4 Å². The van der Waals surface area contributed by atoms with E-state index in [1.165, 1.54) is 18.2 Å². The average Bonchev–Trinajstić information content (AvgIpc) is 2.79. The number of methoxy groups -OCH3 is 1. The summed E-state index contributed by atoms with van der Waals surface area (Å²) in [6.07, 6.45) is 3.21. The maximum atomic E-state index is 12.8. The number of hydrogen-bond acceptors (Lipinski definition) is 6. The fourth-order valence-electron chi connectivity index (χ4n) is 3.73. The van der Waals surface area contributed by atoms with Gasteiger partial charge in [-0.25, -0.2) is 0 Å². The van der Waals surface area contributed by atoms with Gasteiger partial charge in [-0.15, -0.1) is 0 Å². The molecule has 0 spiro atoms. The van der Waals surface area contributed by atoms with E-state index in [-0.39, 0.29) is 11.6 Å². The van der Waals surface area contributed by atoms with Crippen LogP contribution >= 0.6 is 0 Å². The van der Waals surface area contributed by atoms with Gasteiger partial charge in [-0.1, -0.05) is 31.4 Å². The number of benzene rings is 2. The number of hydrogen-bond donors (Lipinski definition) is 1. The van der Waals surface area contributed by atoms with Gasteiger partial charge in [-0.3, -0.25) is 14.9 Å². The lowest BCUT2D eigenvalue weighted by Crippen LogP contribution is -2.52. The van der Waals surface area contributed by atoms with Gasteiger partial charge >= 0.3 is 0 Å². The van der Waals surface area contributed by atoms with E-state index in [4.69, 9.17) is 9.47 Å². The molecule has 0 aliphatic heterocycles. The fourth-order valence-corrected chi connectivity index (χ4v) is 3.73. The van der Waals surface area contributed by atoms with Gasteiger partial charge in [0.1, 0.15) is 17.0 Å². The van der Waals surface area contributed by atoms with Crippen molar-refractivity contribution in [2.75, 3.05) is 7.11 Å². The minimum atomic E-state index is -0.884. The van der Waals surface area contributed by atoms with Gasteiger partial charge in [0.25, 0.3) is 11.6 Å². The number of nitro groups is 1. The summed E-state index contributed by atoms with van der Waals surface area (Å²) in [5.74, 6) is 0.606. The van der Waals surface area contributed by atoms with Crippen LogP contribution in [0.2, 0.25) is 0 Å². The summed E-state index contributed by atoms with van der Waals surface area (Å²) in [5.41, 5.74) is 0.235. The van der Waals surface area contributed by atoms with Gasteiger partial charge in [0.05, 0.1) is 18.1 Å². The second kappa shape index (κ2) is 9.47. The van der Waals surface area contributed by atoms with E-state index in [9.17, 15) is 20.2 Å². The van der Waals surface area contributed by atoms with Crippen LogP contribution < -0.4 is 14.8 Å². The molecule has 1 atom stereocenters. The first-order valence-corrected chi connectivity index (χ1v) is 10.2. The van der Waals surface area contributed by atoms with Crippen molar-refractivity contribution in [2.45, 2.75) is 50.7 Å². The summed E-state index contributed by atoms with van der Waals surface area (Å²) >= 11 is 0. The first-order chi connectivity index (χ1) is 14.9. The van der Waals surface area contributed by atoms with E-state index in [2.05, 4.69) is 11.4 Å². The summed E-state index contributed by atoms with van der Waals surface area (Å²) < 4.78 is 11.1. The molecule has 0 heterocycles. The van der Waals surface area contributed by atoms with Crippen LogP contribution in [-0.4, -0.2) is 29.6 Å². The number of nitrogens with zero attached hydrogens (tertiary/aromatic N) is 2. The molecule has 1 aliphatic carbocycles. The van der Waals surface area contributed by atoms with E-state index in [0.717, 1.165) is 19.3 Å². The Bertz CT molecular complexity index is 991. The molecule has 162 valence electrons. The number of ether oxygens (including phenoxy) is 2. The third kappa shape index (κ3) is 5.12. The number of non-ortho nitro benzene ring substituents is 1. The summed E-state index contributed by atoms with van der Waals surface area (Å²) in [4.78, 5) is 23.6. The zero-order chi connectivity index (χ0) is 22.4. The van der Waals surface area contributed by atoms with Crippen LogP contribution in [0.1, 0.15) is 39.0 Å². The average molecular weight is 423 g/mol. The van der Waals surface area contributed by atoms with E-state index in [1.807, 2.05) is 0 Å². The van der Waals surface area contributed by atoms with Crippen LogP contribution in [0.4, 0.5) is 5.69 Å². The van der Waals surface area contributed by atoms with Gasteiger partial charge < -0.3 is 14.8 Å². The molecule has 8 nitrogen and oxygen atoms in total. The first-order valence-electron chi connectivity index (χ1n) is 10.2. The largest absolute Gasteiger partial charge is 0.497 e. The van der Waals surface area contributed by atoms with Gasteiger partial charge in [0.15, 0.2) is 6.10 Å². The highest BCUT2D eigenvalue weighted by atomic mass is 16.6. The third-order valence-corrected chi connectivity index (χ3v) is 5.53. The molecule has 1 amide bonds. The van der Waals surface area contributed by atoms with Crippen molar-refractivity contribution < 1.29 is 19.2 Å². The normalized spacial score (nSPS) is 15.9. The van der Waals surface area contributed by atoms with Crippen molar-refractivity contribution in [1.29, 1.82) is 5.26 Å². The molecule has 0 bridgehead atoms. The highest BCUT2D eigenvalue weighted by molar-refractivity contribution is 5.82. The lowest BCUT2D eigenvalue weighted by molar-refractivity contribution is -0.384. The highest BCUT2D eigenvalue weighted by Gasteiger charge is 2.35. The van der Waals surface area contributed by atoms with Crippen LogP contribution in [0.3, 0.4) is 0 Å². The molecule has 0 aromatic heterocycles. The van der Waals surface area contributed by atoms with Crippen molar-refractivity contribution in [2.24, 2.45) is 0 Å². The lowest BCUT2D eigenvalue weighted by atomic mass is 9.83. The Kier molecular flexibility index (Phi) is 6.75. The number of carbonyl (C=O) groups is 1. The summed E-state index contributed by atoms with van der Waals surface area (Å²) in [6, 6.07) is 13.5. The molecule has 3 rings (SSSR count). The molecule has 2 aromatic rings. The fraction of sp³-hybridized carbons (Fsp3) is 0.391. The van der Waals surface area contributed by atoms with E-state index in [0.29, 0.717) is 35.5 Å². The van der Waals surface area contributed by atoms with Crippen LogP contribution in [0.5, 0.6) is 11.5 Å². The molecule has 1 saturated carbocycles. The Balaban J connectivity index is 1.84. The Morgan fingerprint density at radius 1 is 1.19 bits per heavy atom. The van der Waals surface area contributed by atoms with Crippen molar-refractivity contribution in [1.82, 2.24) is 5.32 Å². The summed E-state index contributed by atoms with van der Waals surface area (Å²) in [6.45, 7) is 1.60. The molecule has 8 heteroatoms. The molecule has 0 saturated heterocycles. The molecule has 1 aliphatic rings. The van der Waals surface area contributed by atoms with Crippen LogP contribution in [0.25, 0.3) is 11.1 Å². The SMILES string of the molecule is COc1ccc(-c2cc([N+](=O)[O-])ccc2O[C@@H](C)C(=O)NC2(C#N)CCCCC2)cc1. The summed E-state index contributed by atoms with van der Waals surface area (Å²) in [7, 11) is 1.55. The van der Waals surface area contributed by atoms with Crippen LogP contribution in [0.15, 0.2) is 42.5 Å². The molecule has 0 radical (unpaired) electrons. The predicted octanol–water partition coefficient (Wildman–Crippen LogP) is 4.38. The molecular formula is C23H25N3O5. The van der Waals surface area contributed by atoms with Gasteiger partial charge in [0.2, 0.25) is 0 Å². The Morgan fingerprint density at radius 3 is 2.45 bits per heavy atom. The standard InChI is InChI=1S/C23H25N3O5/c1-16(22(27)25-23(15-24)12-4-3-5-13-23)31-21-11-8-18(26(28)29)14-20(21)17-6-9-19(30-2)10-7-17/h6-11,14,16H,3-5,12-13H2,1-2H3,(H,25,27)/t16-/m0/s1. The summed E-state index contributed by atoms with van der Waals surface area (Å²) in [5, 5.41) is 23.7. The predicted molar refractivity (Wildman–Crippen MR) is 115 cm³/mol. The van der Waals surface area contributed by atoms with Gasteiger partial charge in [-0.05, 0) is 43.5 Å². The van der Waals surface area contributed by atoms with Gasteiger partial charge in [-0.2, -0.15) is 5.26 Å². The number of amides is 1. The number of carbonyl (C=O) groups excluding carboxylic acids is 1. The highest BCUT2D eigenvalue weighted by Crippen LogP contribution is 2.35. The van der Waals surface area contributed by atoms with Crippen molar-refractivity contribution in [3.05, 3.63) is 52.6 Å². The molecular weight excluding hydrogens is 398 g/mol. The minimum Gasteiger partial charge on any atom is -0.497 e. The molecule has 1 fully saturated rings. The molecule has 31 heavy (non-hydrogen) atoms. The van der Waals surface area contributed by atoms with Gasteiger partial charge in [0, 0.05) is 17.7 Å². The van der Waals surface area contributed by atoms with Crippen molar-refractivity contribution >= 4 is 11.6 Å². The number of nitro benzene ring substituents is 1. The monoisotopic (exact) mass is 423 g/mol. The second-order valence-electron chi connectivity index (χ2n) is 7.67. The quantitative estimate of drug-likeness (QED) is 0.522. The minimum absolute atomic E-state index is 0.0825. The number of rotatable bonds is 7. The molecule has 2 aromatic carbocycles. The van der Waals surface area contributed by atoms with E-state index >= 15 is 0 Å². The number of nitrogens with one attached hydrogen (secondary N) is 1. The Labute approximate surface area is 180 Å². The molecule has 0 unspecified atom stereocenters. The molecule has 1 N–H and O–H groups in total. The van der Waals surface area contributed by atoms with Crippen molar-refractivity contribution in [3.8, 4) is 28.7 Å². The Hall–Kier alpha value is -3.60. The smallest absolute Gasteiger partial charge is 0.270 e. The number of nitriles is 1. The zero-order valence-electron chi connectivity index (χ0n) is 17.6. The topological polar surface area (TPSA) is 114 Å². The lowest BCUT2D eigenvalue weighted by Gasteiger charge is -2.32. The zero-order valence-corrected chi connectivity index (χ0v) is 17.6.